The van der Waals surface area contributed by atoms with E-state index in [2.05, 4.69) is 16.0 Å². The zero-order chi connectivity index (χ0) is 23.3. The van der Waals surface area contributed by atoms with E-state index in [1.165, 1.54) is 10.4 Å². The molecule has 0 bridgehead atoms. The lowest BCUT2D eigenvalue weighted by atomic mass is 10.2. The summed E-state index contributed by atoms with van der Waals surface area (Å²) < 4.78 is 38.6. The molecule has 2 aromatic rings. The van der Waals surface area contributed by atoms with Crippen molar-refractivity contribution in [1.29, 1.82) is 0 Å². The molecule has 0 spiro atoms. The summed E-state index contributed by atoms with van der Waals surface area (Å²) in [6, 6.07) is 10.9. The Balaban J connectivity index is 1.55. The molecule has 0 saturated carbocycles. The second-order valence-corrected chi connectivity index (χ2v) is 10.2. The summed E-state index contributed by atoms with van der Waals surface area (Å²) in [5.41, 5.74) is 1.47. The molecule has 2 saturated heterocycles. The van der Waals surface area contributed by atoms with Crippen LogP contribution in [0.15, 0.2) is 47.4 Å². The van der Waals surface area contributed by atoms with Crippen LogP contribution in [-0.4, -0.2) is 64.3 Å². The highest BCUT2D eigenvalue weighted by molar-refractivity contribution is 7.89. The first-order chi connectivity index (χ1) is 15.9. The minimum absolute atomic E-state index is 0.0786. The van der Waals surface area contributed by atoms with E-state index in [1.54, 1.807) is 36.4 Å². The van der Waals surface area contributed by atoms with Crippen molar-refractivity contribution in [2.75, 3.05) is 55.4 Å². The van der Waals surface area contributed by atoms with Crippen LogP contribution < -0.4 is 16.0 Å². The van der Waals surface area contributed by atoms with Gasteiger partial charge in [-0.3, -0.25) is 0 Å². The maximum Gasteiger partial charge on any atom is 0.323 e. The van der Waals surface area contributed by atoms with Crippen molar-refractivity contribution >= 4 is 44.7 Å². The molecule has 2 amide bonds. The number of carbonyl (C=O) groups is 1. The van der Waals surface area contributed by atoms with Gasteiger partial charge in [-0.2, -0.15) is 4.31 Å². The van der Waals surface area contributed by atoms with E-state index in [1.807, 2.05) is 0 Å². The van der Waals surface area contributed by atoms with E-state index in [4.69, 9.17) is 21.1 Å². The zero-order valence-corrected chi connectivity index (χ0v) is 19.6. The quantitative estimate of drug-likeness (QED) is 0.542. The van der Waals surface area contributed by atoms with Gasteiger partial charge in [-0.05, 0) is 49.2 Å². The molecule has 178 valence electrons. The van der Waals surface area contributed by atoms with Gasteiger partial charge in [-0.1, -0.05) is 17.7 Å². The fraction of sp³-hybridized carbons (Fsp3) is 0.409. The van der Waals surface area contributed by atoms with Crippen molar-refractivity contribution in [3.05, 3.63) is 47.5 Å². The van der Waals surface area contributed by atoms with Gasteiger partial charge >= 0.3 is 6.03 Å². The number of anilines is 3. The Morgan fingerprint density at radius 3 is 2.61 bits per heavy atom. The number of amides is 2. The molecule has 2 aliphatic heterocycles. The number of sulfonamides is 1. The monoisotopic (exact) mass is 494 g/mol. The minimum Gasteiger partial charge on any atom is -0.381 e. The molecule has 0 aromatic heterocycles. The standard InChI is InChI=1S/C22H27ClN4O5S/c23-16-3-1-4-17(13-16)25-22(28)26-21-14-19(33(29,30)27-8-11-31-12-9-27)6-7-20(21)24-15-18-5-2-10-32-18/h1,3-4,6-7,13-14,18,24H,2,5,8-12,15H2,(H2,25,26,28)/t18-/m0/s1. The van der Waals surface area contributed by atoms with Crippen molar-refractivity contribution in [3.63, 3.8) is 0 Å². The molecule has 0 radical (unpaired) electrons. The van der Waals surface area contributed by atoms with Crippen LogP contribution in [0.25, 0.3) is 0 Å². The van der Waals surface area contributed by atoms with Gasteiger partial charge in [-0.25, -0.2) is 13.2 Å². The summed E-state index contributed by atoms with van der Waals surface area (Å²) in [4.78, 5) is 12.8. The third-order valence-corrected chi connectivity index (χ3v) is 7.60. The maximum absolute atomic E-state index is 13.1. The smallest absolute Gasteiger partial charge is 0.323 e. The predicted molar refractivity (Wildman–Crippen MR) is 128 cm³/mol. The Bertz CT molecular complexity index is 1090. The lowest BCUT2D eigenvalue weighted by molar-refractivity contribution is 0.0730. The van der Waals surface area contributed by atoms with Crippen molar-refractivity contribution < 1.29 is 22.7 Å². The Morgan fingerprint density at radius 2 is 1.88 bits per heavy atom. The number of carbonyl (C=O) groups excluding carboxylic acids is 1. The molecule has 9 nitrogen and oxygen atoms in total. The van der Waals surface area contributed by atoms with Gasteiger partial charge in [0.1, 0.15) is 0 Å². The van der Waals surface area contributed by atoms with Gasteiger partial charge in [0.15, 0.2) is 0 Å². The average molecular weight is 495 g/mol. The summed E-state index contributed by atoms with van der Waals surface area (Å²) in [5, 5.41) is 9.24. The molecule has 11 heteroatoms. The van der Waals surface area contributed by atoms with Crippen LogP contribution in [0.2, 0.25) is 5.02 Å². The maximum atomic E-state index is 13.1. The van der Waals surface area contributed by atoms with Crippen molar-refractivity contribution in [2.45, 2.75) is 23.8 Å². The molecule has 4 rings (SSSR count). The highest BCUT2D eigenvalue weighted by atomic mass is 35.5. The van der Waals surface area contributed by atoms with E-state index in [0.29, 0.717) is 54.9 Å². The molecule has 3 N–H and O–H groups in total. The highest BCUT2D eigenvalue weighted by Gasteiger charge is 2.27. The Morgan fingerprint density at radius 1 is 1.06 bits per heavy atom. The van der Waals surface area contributed by atoms with E-state index in [-0.39, 0.29) is 11.0 Å². The van der Waals surface area contributed by atoms with Gasteiger partial charge < -0.3 is 25.4 Å². The first kappa shape index (κ1) is 23.8. The molecular formula is C22H27ClN4O5S. The number of hydrogen-bond donors (Lipinski definition) is 3. The van der Waals surface area contributed by atoms with Crippen LogP contribution in [0.4, 0.5) is 21.9 Å². The summed E-state index contributed by atoms with van der Waals surface area (Å²) in [6.07, 6.45) is 2.04. The molecule has 2 aromatic carbocycles. The largest absolute Gasteiger partial charge is 0.381 e. The summed E-state index contributed by atoms with van der Waals surface area (Å²) >= 11 is 5.99. The second-order valence-electron chi connectivity index (χ2n) is 7.83. The molecule has 1 atom stereocenters. The number of nitrogens with zero attached hydrogens (tertiary/aromatic N) is 1. The number of morpholine rings is 1. The molecule has 33 heavy (non-hydrogen) atoms. The van der Waals surface area contributed by atoms with Crippen LogP contribution in [0.5, 0.6) is 0 Å². The third-order valence-electron chi connectivity index (χ3n) is 5.47. The summed E-state index contributed by atoms with van der Waals surface area (Å²) in [7, 11) is -3.72. The number of hydrogen-bond acceptors (Lipinski definition) is 6. The average Bonchev–Trinajstić information content (AvgIpc) is 3.32. The van der Waals surface area contributed by atoms with Crippen LogP contribution in [0.3, 0.4) is 0 Å². The highest BCUT2D eigenvalue weighted by Crippen LogP contribution is 2.29. The Labute approximate surface area is 198 Å². The van der Waals surface area contributed by atoms with E-state index in [0.717, 1.165) is 19.4 Å². The molecule has 0 unspecified atom stereocenters. The van der Waals surface area contributed by atoms with Crippen LogP contribution in [0, 0.1) is 0 Å². The predicted octanol–water partition coefficient (Wildman–Crippen LogP) is 3.60. The van der Waals surface area contributed by atoms with Crippen LogP contribution in [-0.2, 0) is 19.5 Å². The number of ether oxygens (including phenoxy) is 2. The minimum atomic E-state index is -3.72. The molecule has 2 aliphatic rings. The fourth-order valence-electron chi connectivity index (χ4n) is 3.76. The SMILES string of the molecule is O=C(Nc1cccc(Cl)c1)Nc1cc(S(=O)(=O)N2CCOCC2)ccc1NC[C@@H]1CCCO1. The normalized spacial score (nSPS) is 19.2. The fourth-order valence-corrected chi connectivity index (χ4v) is 5.38. The van der Waals surface area contributed by atoms with Gasteiger partial charge in [0, 0.05) is 37.0 Å². The van der Waals surface area contributed by atoms with Gasteiger partial charge in [0.2, 0.25) is 10.0 Å². The van der Waals surface area contributed by atoms with Crippen LogP contribution in [0.1, 0.15) is 12.8 Å². The Kier molecular flexibility index (Phi) is 7.71. The number of urea groups is 1. The van der Waals surface area contributed by atoms with Gasteiger partial charge in [0.05, 0.1) is 35.6 Å². The summed E-state index contributed by atoms with van der Waals surface area (Å²) in [6.45, 7) is 2.58. The lowest BCUT2D eigenvalue weighted by Gasteiger charge is -2.26. The summed E-state index contributed by atoms with van der Waals surface area (Å²) in [5.74, 6) is 0. The number of benzene rings is 2. The number of nitrogens with one attached hydrogen (secondary N) is 3. The van der Waals surface area contributed by atoms with E-state index < -0.39 is 16.1 Å². The zero-order valence-electron chi connectivity index (χ0n) is 18.1. The lowest BCUT2D eigenvalue weighted by Crippen LogP contribution is -2.40. The van der Waals surface area contributed by atoms with Gasteiger partial charge in [-0.15, -0.1) is 0 Å². The first-order valence-electron chi connectivity index (χ1n) is 10.8. The van der Waals surface area contributed by atoms with Crippen LogP contribution >= 0.6 is 11.6 Å². The molecular weight excluding hydrogens is 468 g/mol. The first-order valence-corrected chi connectivity index (χ1v) is 12.6. The topological polar surface area (TPSA) is 109 Å². The van der Waals surface area contributed by atoms with Gasteiger partial charge in [0.25, 0.3) is 0 Å². The van der Waals surface area contributed by atoms with Crippen molar-refractivity contribution in [1.82, 2.24) is 4.31 Å². The molecule has 2 heterocycles. The molecule has 2 fully saturated rings. The second kappa shape index (κ2) is 10.7. The number of rotatable bonds is 7. The van der Waals surface area contributed by atoms with E-state index in [9.17, 15) is 13.2 Å². The molecule has 0 aliphatic carbocycles. The third kappa shape index (κ3) is 6.15. The number of halogens is 1. The van der Waals surface area contributed by atoms with E-state index >= 15 is 0 Å². The van der Waals surface area contributed by atoms with Crippen molar-refractivity contribution in [2.24, 2.45) is 0 Å². The van der Waals surface area contributed by atoms with Crippen molar-refractivity contribution in [3.8, 4) is 0 Å². The Hall–Kier alpha value is -2.37.